The summed E-state index contributed by atoms with van der Waals surface area (Å²) in [7, 11) is 0. The van der Waals surface area contributed by atoms with Gasteiger partial charge in [-0.05, 0) is 44.2 Å². The van der Waals surface area contributed by atoms with E-state index in [2.05, 4.69) is 5.32 Å². The summed E-state index contributed by atoms with van der Waals surface area (Å²) in [6.45, 7) is 6.35. The minimum atomic E-state index is 0.507. The Morgan fingerprint density at radius 3 is 2.27 bits per heavy atom. The molecule has 86 valence electrons. The zero-order valence-electron chi connectivity index (χ0n) is 9.34. The lowest BCUT2D eigenvalue weighted by Gasteiger charge is -2.52. The highest BCUT2D eigenvalue weighted by Crippen LogP contribution is 2.48. The Balaban J connectivity index is 1.72. The fourth-order valence-electron chi connectivity index (χ4n) is 3.56. The largest absolute Gasteiger partial charge is 0.381 e. The van der Waals surface area contributed by atoms with Crippen LogP contribution in [0.15, 0.2) is 0 Å². The summed E-state index contributed by atoms with van der Waals surface area (Å²) < 4.78 is 11.0. The van der Waals surface area contributed by atoms with E-state index in [1.165, 1.54) is 32.4 Å². The van der Waals surface area contributed by atoms with Gasteiger partial charge in [0, 0.05) is 18.6 Å². The van der Waals surface area contributed by atoms with Gasteiger partial charge in [0.05, 0.1) is 13.2 Å². The monoisotopic (exact) mass is 211 g/mol. The lowest BCUT2D eigenvalue weighted by Crippen LogP contribution is -2.55. The summed E-state index contributed by atoms with van der Waals surface area (Å²) >= 11 is 0. The van der Waals surface area contributed by atoms with Crippen LogP contribution in [0.25, 0.3) is 0 Å². The van der Waals surface area contributed by atoms with Gasteiger partial charge in [0.2, 0.25) is 0 Å². The smallest absolute Gasteiger partial charge is 0.0550 e. The Kier molecular flexibility index (Phi) is 2.71. The predicted octanol–water partition coefficient (Wildman–Crippen LogP) is 1.04. The van der Waals surface area contributed by atoms with Gasteiger partial charge in [-0.1, -0.05) is 0 Å². The first-order valence-corrected chi connectivity index (χ1v) is 6.28. The molecule has 1 unspecified atom stereocenters. The molecule has 3 aliphatic rings. The lowest BCUT2D eigenvalue weighted by molar-refractivity contribution is -0.189. The normalized spacial score (nSPS) is 36.4. The van der Waals surface area contributed by atoms with Crippen molar-refractivity contribution in [3.05, 3.63) is 0 Å². The van der Waals surface area contributed by atoms with E-state index < -0.39 is 0 Å². The van der Waals surface area contributed by atoms with Crippen LogP contribution in [0.5, 0.6) is 0 Å². The summed E-state index contributed by atoms with van der Waals surface area (Å²) in [6.07, 6.45) is 3.85. The Labute approximate surface area is 91.5 Å². The van der Waals surface area contributed by atoms with E-state index in [9.17, 15) is 0 Å². The molecule has 3 saturated heterocycles. The van der Waals surface area contributed by atoms with Gasteiger partial charge in [0.15, 0.2) is 0 Å². The highest BCUT2D eigenvalue weighted by atomic mass is 16.5. The molecule has 1 atom stereocenters. The van der Waals surface area contributed by atoms with E-state index >= 15 is 0 Å². The fraction of sp³-hybridized carbons (Fsp3) is 1.00. The summed E-state index contributed by atoms with van der Waals surface area (Å²) in [5, 5.41) is 3.50. The van der Waals surface area contributed by atoms with Crippen LogP contribution in [0.2, 0.25) is 0 Å². The lowest BCUT2D eigenvalue weighted by atomic mass is 9.62. The molecule has 0 aromatic carbocycles. The first kappa shape index (κ1) is 10.1. The third-order valence-electron chi connectivity index (χ3n) is 4.65. The second-order valence-electron chi connectivity index (χ2n) is 5.30. The molecule has 0 aliphatic carbocycles. The zero-order chi connectivity index (χ0) is 10.1. The number of hydrogen-bond acceptors (Lipinski definition) is 3. The molecule has 15 heavy (non-hydrogen) atoms. The summed E-state index contributed by atoms with van der Waals surface area (Å²) in [5.41, 5.74) is 0.507. The molecule has 3 heterocycles. The van der Waals surface area contributed by atoms with Gasteiger partial charge in [0.25, 0.3) is 0 Å². The SMILES string of the molecule is C1CC(C2(C3CCOCC3)COC2)CN1. The van der Waals surface area contributed by atoms with Crippen LogP contribution in [0, 0.1) is 17.3 Å². The fourth-order valence-corrected chi connectivity index (χ4v) is 3.56. The molecule has 3 aliphatic heterocycles. The highest BCUT2D eigenvalue weighted by molar-refractivity contribution is 5.00. The molecular formula is C12H21NO2. The van der Waals surface area contributed by atoms with E-state index in [0.29, 0.717) is 5.41 Å². The molecule has 3 nitrogen and oxygen atoms in total. The van der Waals surface area contributed by atoms with Crippen LogP contribution in [0.4, 0.5) is 0 Å². The number of ether oxygens (including phenoxy) is 2. The number of nitrogens with one attached hydrogen (secondary N) is 1. The molecule has 0 saturated carbocycles. The molecule has 3 heteroatoms. The number of hydrogen-bond donors (Lipinski definition) is 1. The van der Waals surface area contributed by atoms with Gasteiger partial charge in [-0.3, -0.25) is 0 Å². The van der Waals surface area contributed by atoms with Crippen molar-refractivity contribution in [2.24, 2.45) is 17.3 Å². The van der Waals surface area contributed by atoms with E-state index in [1.54, 1.807) is 0 Å². The Bertz CT molecular complexity index is 216. The highest BCUT2D eigenvalue weighted by Gasteiger charge is 2.51. The van der Waals surface area contributed by atoms with Crippen molar-refractivity contribution in [1.82, 2.24) is 5.32 Å². The number of rotatable bonds is 2. The second-order valence-corrected chi connectivity index (χ2v) is 5.30. The van der Waals surface area contributed by atoms with Gasteiger partial charge < -0.3 is 14.8 Å². The van der Waals surface area contributed by atoms with Crippen LogP contribution in [0.3, 0.4) is 0 Å². The maximum absolute atomic E-state index is 5.54. The quantitative estimate of drug-likeness (QED) is 0.740. The maximum Gasteiger partial charge on any atom is 0.0550 e. The van der Waals surface area contributed by atoms with Crippen LogP contribution in [-0.2, 0) is 9.47 Å². The van der Waals surface area contributed by atoms with Gasteiger partial charge in [-0.25, -0.2) is 0 Å². The molecular weight excluding hydrogens is 190 g/mol. The Morgan fingerprint density at radius 2 is 1.73 bits per heavy atom. The first-order chi connectivity index (χ1) is 7.42. The molecule has 1 N–H and O–H groups in total. The van der Waals surface area contributed by atoms with Crippen LogP contribution in [-0.4, -0.2) is 39.5 Å². The average molecular weight is 211 g/mol. The zero-order valence-corrected chi connectivity index (χ0v) is 9.34. The van der Waals surface area contributed by atoms with E-state index in [0.717, 1.165) is 38.3 Å². The molecule has 0 aromatic rings. The Hall–Kier alpha value is -0.120. The topological polar surface area (TPSA) is 30.5 Å². The summed E-state index contributed by atoms with van der Waals surface area (Å²) in [4.78, 5) is 0. The van der Waals surface area contributed by atoms with Crippen LogP contribution in [0.1, 0.15) is 19.3 Å². The Morgan fingerprint density at radius 1 is 0.933 bits per heavy atom. The maximum atomic E-state index is 5.54. The van der Waals surface area contributed by atoms with E-state index in [4.69, 9.17) is 9.47 Å². The van der Waals surface area contributed by atoms with Gasteiger partial charge in [0.1, 0.15) is 0 Å². The minimum absolute atomic E-state index is 0.507. The summed E-state index contributed by atoms with van der Waals surface area (Å²) in [5.74, 6) is 1.71. The van der Waals surface area contributed by atoms with Crippen molar-refractivity contribution in [3.63, 3.8) is 0 Å². The van der Waals surface area contributed by atoms with Crippen molar-refractivity contribution in [2.45, 2.75) is 19.3 Å². The third-order valence-corrected chi connectivity index (χ3v) is 4.65. The van der Waals surface area contributed by atoms with E-state index in [-0.39, 0.29) is 0 Å². The summed E-state index contributed by atoms with van der Waals surface area (Å²) in [6, 6.07) is 0. The van der Waals surface area contributed by atoms with Crippen molar-refractivity contribution in [2.75, 3.05) is 39.5 Å². The second kappa shape index (κ2) is 4.04. The molecule has 0 amide bonds. The minimum Gasteiger partial charge on any atom is -0.381 e. The van der Waals surface area contributed by atoms with Crippen molar-refractivity contribution < 1.29 is 9.47 Å². The first-order valence-electron chi connectivity index (χ1n) is 6.28. The van der Waals surface area contributed by atoms with Crippen molar-refractivity contribution in [1.29, 1.82) is 0 Å². The molecule has 3 fully saturated rings. The van der Waals surface area contributed by atoms with Crippen molar-refractivity contribution >= 4 is 0 Å². The van der Waals surface area contributed by atoms with Gasteiger partial charge in [-0.2, -0.15) is 0 Å². The predicted molar refractivity (Wildman–Crippen MR) is 57.8 cm³/mol. The molecule has 0 bridgehead atoms. The van der Waals surface area contributed by atoms with Crippen molar-refractivity contribution in [3.8, 4) is 0 Å². The molecule has 0 aromatic heterocycles. The third kappa shape index (κ3) is 1.61. The standard InChI is InChI=1S/C12H21NO2/c1-4-13-7-11(1)12(8-15-9-12)10-2-5-14-6-3-10/h10-11,13H,1-9H2. The molecule has 0 radical (unpaired) electrons. The van der Waals surface area contributed by atoms with Crippen LogP contribution < -0.4 is 5.32 Å². The molecule has 0 spiro atoms. The average Bonchev–Trinajstić information content (AvgIpc) is 2.72. The van der Waals surface area contributed by atoms with E-state index in [1.807, 2.05) is 0 Å². The van der Waals surface area contributed by atoms with Gasteiger partial charge >= 0.3 is 0 Å². The van der Waals surface area contributed by atoms with Gasteiger partial charge in [-0.15, -0.1) is 0 Å². The molecule has 3 rings (SSSR count). The van der Waals surface area contributed by atoms with Crippen LogP contribution >= 0.6 is 0 Å².